The Morgan fingerprint density at radius 2 is 1.77 bits per heavy atom. The van der Waals surface area contributed by atoms with Crippen LogP contribution in [0.5, 0.6) is 0 Å². The number of Topliss-reactive ketones (excluding diaryl/α,β-unsaturated/α-hetero) is 1. The van der Waals surface area contributed by atoms with Crippen molar-refractivity contribution in [2.45, 2.75) is 59.8 Å². The smallest absolute Gasteiger partial charge is 0.135 e. The standard InChI is InChI=1S/C12H24O/c1-5-7-11(4)12(13)9-6-8-10(2)3/h10-11H,5-9H2,1-4H3/t11-/m1/s1. The molecule has 0 unspecified atom stereocenters. The molecule has 0 aromatic heterocycles. The quantitative estimate of drug-likeness (QED) is 0.588. The largest absolute Gasteiger partial charge is 0.299 e. The summed E-state index contributed by atoms with van der Waals surface area (Å²) < 4.78 is 0. The molecular weight excluding hydrogens is 160 g/mol. The Kier molecular flexibility index (Phi) is 6.93. The molecule has 0 aliphatic rings. The Morgan fingerprint density at radius 1 is 1.15 bits per heavy atom. The van der Waals surface area contributed by atoms with Crippen LogP contribution in [0.25, 0.3) is 0 Å². The summed E-state index contributed by atoms with van der Waals surface area (Å²) in [5, 5.41) is 0. The average Bonchev–Trinajstić information content (AvgIpc) is 2.04. The summed E-state index contributed by atoms with van der Waals surface area (Å²) in [4.78, 5) is 11.5. The lowest BCUT2D eigenvalue weighted by atomic mass is 9.95. The number of carbonyl (C=O) groups excluding carboxylic acids is 1. The summed E-state index contributed by atoms with van der Waals surface area (Å²) in [6.07, 6.45) is 5.23. The number of carbonyl (C=O) groups is 1. The van der Waals surface area contributed by atoms with Crippen LogP contribution in [0, 0.1) is 11.8 Å². The Hall–Kier alpha value is -0.330. The van der Waals surface area contributed by atoms with Crippen LogP contribution in [-0.4, -0.2) is 5.78 Å². The molecule has 1 atom stereocenters. The van der Waals surface area contributed by atoms with Crippen molar-refractivity contribution in [3.05, 3.63) is 0 Å². The first-order valence-electron chi connectivity index (χ1n) is 5.60. The van der Waals surface area contributed by atoms with Crippen LogP contribution in [0.2, 0.25) is 0 Å². The lowest BCUT2D eigenvalue weighted by Crippen LogP contribution is -2.10. The van der Waals surface area contributed by atoms with Gasteiger partial charge in [0.1, 0.15) is 5.78 Å². The van der Waals surface area contributed by atoms with Crippen LogP contribution >= 0.6 is 0 Å². The summed E-state index contributed by atoms with van der Waals surface area (Å²) >= 11 is 0. The van der Waals surface area contributed by atoms with Crippen molar-refractivity contribution in [1.82, 2.24) is 0 Å². The molecular formula is C12H24O. The molecule has 13 heavy (non-hydrogen) atoms. The zero-order valence-corrected chi connectivity index (χ0v) is 9.60. The van der Waals surface area contributed by atoms with Crippen molar-refractivity contribution in [2.24, 2.45) is 11.8 Å². The lowest BCUT2D eigenvalue weighted by molar-refractivity contribution is -0.122. The van der Waals surface area contributed by atoms with Crippen molar-refractivity contribution in [1.29, 1.82) is 0 Å². The van der Waals surface area contributed by atoms with Gasteiger partial charge >= 0.3 is 0 Å². The third-order valence-corrected chi connectivity index (χ3v) is 2.48. The van der Waals surface area contributed by atoms with Crippen LogP contribution < -0.4 is 0 Å². The van der Waals surface area contributed by atoms with Gasteiger partial charge in [0.05, 0.1) is 0 Å². The Morgan fingerprint density at radius 3 is 2.23 bits per heavy atom. The van der Waals surface area contributed by atoms with Crippen LogP contribution in [0.3, 0.4) is 0 Å². The summed E-state index contributed by atoms with van der Waals surface area (Å²) in [6, 6.07) is 0. The predicted octanol–water partition coefficient (Wildman–Crippen LogP) is 3.82. The highest BCUT2D eigenvalue weighted by atomic mass is 16.1. The number of hydrogen-bond donors (Lipinski definition) is 0. The fourth-order valence-electron chi connectivity index (χ4n) is 1.52. The molecule has 0 fully saturated rings. The van der Waals surface area contributed by atoms with Crippen LogP contribution in [0.1, 0.15) is 59.8 Å². The molecule has 0 rings (SSSR count). The normalized spacial score (nSPS) is 13.3. The zero-order valence-electron chi connectivity index (χ0n) is 9.60. The maximum absolute atomic E-state index is 11.5. The molecule has 0 aliphatic carbocycles. The minimum atomic E-state index is 0.289. The number of ketones is 1. The highest BCUT2D eigenvalue weighted by Gasteiger charge is 2.10. The van der Waals surface area contributed by atoms with Gasteiger partial charge in [0.15, 0.2) is 0 Å². The second kappa shape index (κ2) is 7.11. The molecule has 0 aromatic carbocycles. The minimum Gasteiger partial charge on any atom is -0.299 e. The van der Waals surface area contributed by atoms with E-state index in [0.29, 0.717) is 5.78 Å². The van der Waals surface area contributed by atoms with Gasteiger partial charge in [-0.25, -0.2) is 0 Å². The number of rotatable bonds is 7. The molecule has 0 aromatic rings. The van der Waals surface area contributed by atoms with Gasteiger partial charge in [0.2, 0.25) is 0 Å². The van der Waals surface area contributed by atoms with Crippen molar-refractivity contribution in [3.63, 3.8) is 0 Å². The summed E-state index contributed by atoms with van der Waals surface area (Å²) in [7, 11) is 0. The SMILES string of the molecule is CCC[C@@H](C)C(=O)CCCC(C)C. The molecule has 0 amide bonds. The monoisotopic (exact) mass is 184 g/mol. The van der Waals surface area contributed by atoms with Crippen molar-refractivity contribution in [2.75, 3.05) is 0 Å². The Balaban J connectivity index is 3.50. The predicted molar refractivity (Wildman–Crippen MR) is 57.8 cm³/mol. The van der Waals surface area contributed by atoms with Crippen LogP contribution in [0.4, 0.5) is 0 Å². The van der Waals surface area contributed by atoms with Crippen LogP contribution in [-0.2, 0) is 4.79 Å². The van der Waals surface area contributed by atoms with Gasteiger partial charge in [0.25, 0.3) is 0 Å². The Labute approximate surface area is 82.9 Å². The highest BCUT2D eigenvalue weighted by Crippen LogP contribution is 2.13. The molecule has 78 valence electrons. The molecule has 0 radical (unpaired) electrons. The van der Waals surface area contributed by atoms with E-state index in [1.165, 1.54) is 6.42 Å². The van der Waals surface area contributed by atoms with E-state index in [-0.39, 0.29) is 5.92 Å². The average molecular weight is 184 g/mol. The van der Waals surface area contributed by atoms with Crippen molar-refractivity contribution in [3.8, 4) is 0 Å². The molecule has 0 aliphatic heterocycles. The van der Waals surface area contributed by atoms with E-state index in [0.717, 1.165) is 31.6 Å². The van der Waals surface area contributed by atoms with E-state index in [4.69, 9.17) is 0 Å². The molecule has 0 spiro atoms. The van der Waals surface area contributed by atoms with Gasteiger partial charge in [-0.05, 0) is 18.8 Å². The maximum Gasteiger partial charge on any atom is 0.135 e. The fraction of sp³-hybridized carbons (Fsp3) is 0.917. The zero-order chi connectivity index (χ0) is 10.3. The molecule has 0 saturated carbocycles. The molecule has 0 N–H and O–H groups in total. The van der Waals surface area contributed by atoms with Gasteiger partial charge in [-0.3, -0.25) is 4.79 Å². The first-order chi connectivity index (χ1) is 6.07. The molecule has 1 heteroatoms. The minimum absolute atomic E-state index is 0.289. The van der Waals surface area contributed by atoms with E-state index < -0.39 is 0 Å². The topological polar surface area (TPSA) is 17.1 Å². The summed E-state index contributed by atoms with van der Waals surface area (Å²) in [5.41, 5.74) is 0. The third kappa shape index (κ3) is 6.80. The van der Waals surface area contributed by atoms with Gasteiger partial charge < -0.3 is 0 Å². The number of hydrogen-bond acceptors (Lipinski definition) is 1. The fourth-order valence-corrected chi connectivity index (χ4v) is 1.52. The third-order valence-electron chi connectivity index (χ3n) is 2.48. The van der Waals surface area contributed by atoms with Crippen LogP contribution in [0.15, 0.2) is 0 Å². The molecule has 0 saturated heterocycles. The van der Waals surface area contributed by atoms with Gasteiger partial charge in [-0.1, -0.05) is 40.5 Å². The van der Waals surface area contributed by atoms with E-state index in [2.05, 4.69) is 27.7 Å². The van der Waals surface area contributed by atoms with E-state index >= 15 is 0 Å². The summed E-state index contributed by atoms with van der Waals surface area (Å²) in [6.45, 7) is 8.61. The maximum atomic E-state index is 11.5. The summed E-state index contributed by atoms with van der Waals surface area (Å²) in [5.74, 6) is 1.48. The lowest BCUT2D eigenvalue weighted by Gasteiger charge is -2.09. The van der Waals surface area contributed by atoms with Gasteiger partial charge in [0, 0.05) is 12.3 Å². The van der Waals surface area contributed by atoms with Crippen molar-refractivity contribution < 1.29 is 4.79 Å². The Bertz CT molecular complexity index is 138. The molecule has 0 bridgehead atoms. The van der Waals surface area contributed by atoms with Gasteiger partial charge in [-0.15, -0.1) is 0 Å². The van der Waals surface area contributed by atoms with Crippen molar-refractivity contribution >= 4 is 5.78 Å². The second-order valence-corrected chi connectivity index (χ2v) is 4.44. The molecule has 0 heterocycles. The highest BCUT2D eigenvalue weighted by molar-refractivity contribution is 5.80. The first-order valence-corrected chi connectivity index (χ1v) is 5.60. The van der Waals surface area contributed by atoms with E-state index in [9.17, 15) is 4.79 Å². The molecule has 1 nitrogen and oxygen atoms in total. The first kappa shape index (κ1) is 12.7. The van der Waals surface area contributed by atoms with E-state index in [1.54, 1.807) is 0 Å². The van der Waals surface area contributed by atoms with Gasteiger partial charge in [-0.2, -0.15) is 0 Å². The van der Waals surface area contributed by atoms with E-state index in [1.807, 2.05) is 0 Å². The second-order valence-electron chi connectivity index (χ2n) is 4.44.